The first-order valence-corrected chi connectivity index (χ1v) is 17.8. The molecule has 4 aliphatic rings. The topological polar surface area (TPSA) is 117 Å². The summed E-state index contributed by atoms with van der Waals surface area (Å²) in [6.45, 7) is 11.9. The Hall–Kier alpha value is -2.57. The lowest BCUT2D eigenvalue weighted by molar-refractivity contribution is -0.786. The summed E-state index contributed by atoms with van der Waals surface area (Å²) in [5.74, 6) is 1.80. The van der Waals surface area contributed by atoms with Crippen LogP contribution in [0.1, 0.15) is 51.7 Å². The summed E-state index contributed by atoms with van der Waals surface area (Å²) >= 11 is 0. The van der Waals surface area contributed by atoms with Crippen LogP contribution in [0.25, 0.3) is 11.1 Å². The van der Waals surface area contributed by atoms with E-state index >= 15 is 0 Å². The average molecular weight is 666 g/mol. The van der Waals surface area contributed by atoms with Gasteiger partial charge in [0.25, 0.3) is 0 Å². The van der Waals surface area contributed by atoms with E-state index in [-0.39, 0.29) is 18.5 Å². The number of fused-ring (bicyclic) bond motifs is 2. The lowest BCUT2D eigenvalue weighted by Gasteiger charge is -2.62. The molecule has 1 aliphatic heterocycles. The van der Waals surface area contributed by atoms with Crippen molar-refractivity contribution in [2.75, 3.05) is 54.9 Å². The molecular formula is C38H61N6O4+. The SMILES string of the molecule is COc1c(CN2O[C@@H](CN)[C@H]([C@H](C)O)[C@H]2C(=O)N[C@H]2C[C@H]3C[C@@H]([C@@H]2C)C3(C)C)cccc1-c1cc(CNCCN(C)C)cc([NH+](C)C)c1. The van der Waals surface area contributed by atoms with E-state index in [0.717, 1.165) is 48.5 Å². The number of quaternary nitrogens is 1. The molecule has 0 aromatic heterocycles. The van der Waals surface area contributed by atoms with E-state index in [1.54, 1.807) is 19.1 Å². The third-order valence-corrected chi connectivity index (χ3v) is 11.7. The zero-order chi connectivity index (χ0) is 34.9. The first-order valence-electron chi connectivity index (χ1n) is 17.8. The molecule has 8 atom stereocenters. The lowest BCUT2D eigenvalue weighted by Crippen LogP contribution is -3.00. The fourth-order valence-corrected chi connectivity index (χ4v) is 8.65. The highest BCUT2D eigenvalue weighted by Gasteiger charge is 2.57. The number of hydrogen-bond acceptors (Lipinski definition) is 8. The zero-order valence-electron chi connectivity index (χ0n) is 30.7. The number of nitrogens with two attached hydrogens (primary N) is 1. The Labute approximate surface area is 288 Å². The number of rotatable bonds is 14. The third kappa shape index (κ3) is 7.45. The Balaban J connectivity index is 1.42. The molecule has 2 aromatic carbocycles. The summed E-state index contributed by atoms with van der Waals surface area (Å²) in [5.41, 5.74) is 11.9. The van der Waals surface area contributed by atoms with Crippen LogP contribution in [0.4, 0.5) is 5.69 Å². The van der Waals surface area contributed by atoms with Crippen molar-refractivity contribution in [1.29, 1.82) is 0 Å². The van der Waals surface area contributed by atoms with Gasteiger partial charge >= 0.3 is 0 Å². The number of hydroxylamine groups is 2. The van der Waals surface area contributed by atoms with Crippen LogP contribution in [0.15, 0.2) is 36.4 Å². The molecule has 4 fully saturated rings. The number of aliphatic hydroxyl groups is 1. The van der Waals surface area contributed by atoms with Gasteiger partial charge in [0.2, 0.25) is 5.91 Å². The van der Waals surface area contributed by atoms with Crippen molar-refractivity contribution in [1.82, 2.24) is 20.6 Å². The number of amides is 1. The molecular weight excluding hydrogens is 604 g/mol. The molecule has 1 amide bonds. The number of para-hydroxylation sites is 1. The predicted octanol–water partition coefficient (Wildman–Crippen LogP) is 2.42. The number of likely N-dealkylation sites (N-methyl/N-ethyl adjacent to an activating group) is 1. The first kappa shape index (κ1) is 36.7. The van der Waals surface area contributed by atoms with Gasteiger partial charge in [0, 0.05) is 61.4 Å². The van der Waals surface area contributed by atoms with E-state index in [0.29, 0.717) is 29.7 Å². The van der Waals surface area contributed by atoms with E-state index < -0.39 is 24.2 Å². The highest BCUT2D eigenvalue weighted by molar-refractivity contribution is 5.83. The van der Waals surface area contributed by atoms with Gasteiger partial charge in [0.1, 0.15) is 17.5 Å². The Kier molecular flexibility index (Phi) is 11.6. The van der Waals surface area contributed by atoms with Crippen LogP contribution < -0.4 is 26.0 Å². The van der Waals surface area contributed by atoms with Crippen molar-refractivity contribution in [2.45, 2.75) is 77.9 Å². The van der Waals surface area contributed by atoms with Crippen LogP contribution in [-0.2, 0) is 22.7 Å². The summed E-state index contributed by atoms with van der Waals surface area (Å²) in [7, 11) is 10.1. The van der Waals surface area contributed by atoms with Crippen molar-refractivity contribution in [2.24, 2.45) is 34.8 Å². The molecule has 3 saturated carbocycles. The van der Waals surface area contributed by atoms with Crippen LogP contribution in [0.2, 0.25) is 0 Å². The number of nitrogens with zero attached hydrogens (tertiary/aromatic N) is 2. The number of nitrogens with one attached hydrogen (secondary N) is 3. The number of aliphatic hydroxyl groups excluding tert-OH is 1. The van der Waals surface area contributed by atoms with Crippen LogP contribution in [0, 0.1) is 29.1 Å². The fraction of sp³-hybridized carbons (Fsp3) is 0.658. The molecule has 2 aromatic rings. The number of carbonyl (C=O) groups is 1. The van der Waals surface area contributed by atoms with E-state index in [4.69, 9.17) is 15.3 Å². The molecule has 6 rings (SSSR count). The van der Waals surface area contributed by atoms with Crippen LogP contribution in [-0.4, -0.2) is 100 Å². The average Bonchev–Trinajstić information content (AvgIpc) is 3.42. The van der Waals surface area contributed by atoms with Gasteiger partial charge in [-0.05, 0) is 74.2 Å². The number of ether oxygens (including phenoxy) is 1. The quantitative estimate of drug-likeness (QED) is 0.196. The molecule has 10 heteroatoms. The van der Waals surface area contributed by atoms with E-state index in [1.165, 1.54) is 22.6 Å². The van der Waals surface area contributed by atoms with Gasteiger partial charge in [-0.3, -0.25) is 9.63 Å². The molecule has 1 heterocycles. The summed E-state index contributed by atoms with van der Waals surface area (Å²) in [6.07, 6.45) is 0.979. The van der Waals surface area contributed by atoms with E-state index in [1.807, 2.05) is 12.1 Å². The van der Waals surface area contributed by atoms with Gasteiger partial charge in [-0.2, -0.15) is 5.06 Å². The molecule has 6 N–H and O–H groups in total. The van der Waals surface area contributed by atoms with Gasteiger partial charge in [-0.1, -0.05) is 39.0 Å². The molecule has 3 aliphatic carbocycles. The number of benzene rings is 2. The predicted molar refractivity (Wildman–Crippen MR) is 191 cm³/mol. The Morgan fingerprint density at radius 1 is 1.23 bits per heavy atom. The van der Waals surface area contributed by atoms with Crippen LogP contribution in [0.3, 0.4) is 0 Å². The lowest BCUT2D eigenvalue weighted by atomic mass is 9.45. The molecule has 2 bridgehead atoms. The first-order chi connectivity index (χ1) is 22.8. The Morgan fingerprint density at radius 2 is 1.98 bits per heavy atom. The number of hydrogen-bond donors (Lipinski definition) is 5. The summed E-state index contributed by atoms with van der Waals surface area (Å²) < 4.78 is 6.12. The van der Waals surface area contributed by atoms with Gasteiger partial charge in [-0.15, -0.1) is 0 Å². The Bertz CT molecular complexity index is 1410. The van der Waals surface area contributed by atoms with E-state index in [9.17, 15) is 9.90 Å². The molecule has 0 unspecified atom stereocenters. The third-order valence-electron chi connectivity index (χ3n) is 11.7. The van der Waals surface area contributed by atoms with Gasteiger partial charge in [-0.25, -0.2) is 0 Å². The minimum Gasteiger partial charge on any atom is -0.496 e. The summed E-state index contributed by atoms with van der Waals surface area (Å²) in [6, 6.07) is 12.3. The monoisotopic (exact) mass is 665 g/mol. The molecule has 0 radical (unpaired) electrons. The largest absolute Gasteiger partial charge is 0.496 e. The van der Waals surface area contributed by atoms with Crippen molar-refractivity contribution >= 4 is 11.6 Å². The number of carbonyl (C=O) groups excluding carboxylic acids is 1. The van der Waals surface area contributed by atoms with E-state index in [2.05, 4.69) is 88.8 Å². The minimum atomic E-state index is -0.773. The normalized spacial score (nSPS) is 28.8. The number of methoxy groups -OCH3 is 1. The second-order valence-corrected chi connectivity index (χ2v) is 15.7. The maximum Gasteiger partial charge on any atom is 0.240 e. The molecule has 48 heavy (non-hydrogen) atoms. The second kappa shape index (κ2) is 15.1. The Morgan fingerprint density at radius 3 is 2.58 bits per heavy atom. The van der Waals surface area contributed by atoms with Gasteiger partial charge in [0.05, 0.1) is 40.0 Å². The van der Waals surface area contributed by atoms with Crippen molar-refractivity contribution in [3.63, 3.8) is 0 Å². The molecule has 10 nitrogen and oxygen atoms in total. The highest BCUT2D eigenvalue weighted by atomic mass is 16.7. The highest BCUT2D eigenvalue weighted by Crippen LogP contribution is 2.61. The minimum absolute atomic E-state index is 0.101. The standard InChI is InChI=1S/C38H60N6O4/c1-23-31-18-28(38(31,3)4)19-32(23)41-37(46)35-34(24(2)45)33(20-39)48-44(35)22-26-11-10-12-30(36(26)47-9)27-15-25(16-29(17-27)43(7)8)21-40-13-14-42(5)6/h10-12,15-17,23-24,28,31-35,40,45H,13-14,18-22,39H2,1-9H3,(H,41,46)/p+1/t23-,24-,28+,31-,32-,33-,34-,35-/m0/s1. The second-order valence-electron chi connectivity index (χ2n) is 15.7. The molecule has 0 spiro atoms. The van der Waals surface area contributed by atoms with Crippen LogP contribution >= 0.6 is 0 Å². The van der Waals surface area contributed by atoms with Crippen molar-refractivity contribution in [3.8, 4) is 16.9 Å². The van der Waals surface area contributed by atoms with Crippen molar-refractivity contribution in [3.05, 3.63) is 47.5 Å². The maximum absolute atomic E-state index is 14.2. The smallest absolute Gasteiger partial charge is 0.240 e. The summed E-state index contributed by atoms with van der Waals surface area (Å²) in [5, 5.41) is 19.7. The van der Waals surface area contributed by atoms with Gasteiger partial charge in [0.15, 0.2) is 0 Å². The fourth-order valence-electron chi connectivity index (χ4n) is 8.65. The maximum atomic E-state index is 14.2. The molecule has 266 valence electrons. The van der Waals surface area contributed by atoms with Crippen LogP contribution in [0.5, 0.6) is 5.75 Å². The van der Waals surface area contributed by atoms with Crippen molar-refractivity contribution < 1.29 is 24.4 Å². The van der Waals surface area contributed by atoms with Gasteiger partial charge < -0.3 is 36.0 Å². The molecule has 1 saturated heterocycles. The summed E-state index contributed by atoms with van der Waals surface area (Å²) in [4.78, 5) is 24.0. The zero-order valence-corrected chi connectivity index (χ0v) is 30.7.